The van der Waals surface area contributed by atoms with Crippen LogP contribution < -0.4 is 14.2 Å². The molecule has 6 nitrogen and oxygen atoms in total. The van der Waals surface area contributed by atoms with E-state index in [1.54, 1.807) is 33.5 Å². The summed E-state index contributed by atoms with van der Waals surface area (Å²) in [7, 11) is 4.65. The van der Waals surface area contributed by atoms with E-state index in [1.165, 1.54) is 0 Å². The van der Waals surface area contributed by atoms with Gasteiger partial charge in [-0.25, -0.2) is 0 Å². The monoisotopic (exact) mass is 312 g/mol. The molecule has 0 spiro atoms. The average Bonchev–Trinajstić information content (AvgIpc) is 2.58. The summed E-state index contributed by atoms with van der Waals surface area (Å²) in [4.78, 5) is 0. The van der Waals surface area contributed by atoms with Gasteiger partial charge in [0.1, 0.15) is 0 Å². The first kappa shape index (κ1) is 16.9. The zero-order valence-corrected chi connectivity index (χ0v) is 13.3. The van der Waals surface area contributed by atoms with Crippen LogP contribution in [0.4, 0.5) is 0 Å². The Hall–Kier alpha value is -1.50. The highest BCUT2D eigenvalue weighted by molar-refractivity contribution is 5.56. The lowest BCUT2D eigenvalue weighted by atomic mass is 10.0. The summed E-state index contributed by atoms with van der Waals surface area (Å²) in [6.07, 6.45) is 1.12. The van der Waals surface area contributed by atoms with Crippen molar-refractivity contribution >= 4 is 0 Å². The van der Waals surface area contributed by atoms with Crippen LogP contribution in [0.15, 0.2) is 12.1 Å². The number of aliphatic hydroxyl groups excluding tert-OH is 1. The standard InChI is InChI=1S/C16H24O6/c1-18-13-7-5-11(15(19-2)16(13)20-3)12(17)6-8-14-21-9-4-10-22-14/h5,7,12,14,17H,4,6,8-10H2,1-3H3. The maximum Gasteiger partial charge on any atom is 0.203 e. The van der Waals surface area contributed by atoms with Crippen molar-refractivity contribution in [3.8, 4) is 17.2 Å². The third-order valence-electron chi connectivity index (χ3n) is 3.67. The molecule has 1 fully saturated rings. The van der Waals surface area contributed by atoms with Gasteiger partial charge in [0.25, 0.3) is 0 Å². The van der Waals surface area contributed by atoms with E-state index in [9.17, 15) is 5.11 Å². The number of ether oxygens (including phenoxy) is 5. The molecule has 0 aliphatic carbocycles. The molecule has 22 heavy (non-hydrogen) atoms. The molecule has 0 saturated carbocycles. The molecule has 1 heterocycles. The molecule has 6 heteroatoms. The zero-order chi connectivity index (χ0) is 15.9. The van der Waals surface area contributed by atoms with E-state index in [4.69, 9.17) is 23.7 Å². The van der Waals surface area contributed by atoms with Crippen LogP contribution in [0.2, 0.25) is 0 Å². The molecule has 2 rings (SSSR count). The van der Waals surface area contributed by atoms with Gasteiger partial charge in [-0.1, -0.05) is 0 Å². The number of aliphatic hydroxyl groups is 1. The van der Waals surface area contributed by atoms with Gasteiger partial charge in [0.2, 0.25) is 5.75 Å². The Balaban J connectivity index is 2.09. The van der Waals surface area contributed by atoms with E-state index in [-0.39, 0.29) is 6.29 Å². The van der Waals surface area contributed by atoms with E-state index < -0.39 is 6.10 Å². The van der Waals surface area contributed by atoms with Crippen molar-refractivity contribution in [3.05, 3.63) is 17.7 Å². The van der Waals surface area contributed by atoms with Crippen molar-refractivity contribution in [3.63, 3.8) is 0 Å². The van der Waals surface area contributed by atoms with Gasteiger partial charge in [0, 0.05) is 12.0 Å². The van der Waals surface area contributed by atoms with Crippen LogP contribution in [-0.2, 0) is 9.47 Å². The molecule has 0 bridgehead atoms. The summed E-state index contributed by atoms with van der Waals surface area (Å²) in [6, 6.07) is 3.54. The van der Waals surface area contributed by atoms with Gasteiger partial charge in [0.15, 0.2) is 17.8 Å². The maximum absolute atomic E-state index is 10.5. The number of hydrogen-bond donors (Lipinski definition) is 1. The summed E-state index contributed by atoms with van der Waals surface area (Å²) in [5.41, 5.74) is 0.663. The van der Waals surface area contributed by atoms with Crippen LogP contribution in [0.3, 0.4) is 0 Å². The highest BCUT2D eigenvalue weighted by atomic mass is 16.7. The molecule has 1 unspecified atom stereocenters. The van der Waals surface area contributed by atoms with Crippen LogP contribution in [0, 0.1) is 0 Å². The fourth-order valence-corrected chi connectivity index (χ4v) is 2.54. The smallest absolute Gasteiger partial charge is 0.203 e. The molecule has 1 aliphatic rings. The van der Waals surface area contributed by atoms with Crippen molar-refractivity contribution in [2.75, 3.05) is 34.5 Å². The van der Waals surface area contributed by atoms with Gasteiger partial charge < -0.3 is 28.8 Å². The second-order valence-corrected chi connectivity index (χ2v) is 5.04. The molecule has 0 aromatic heterocycles. The molecule has 1 aromatic rings. The van der Waals surface area contributed by atoms with E-state index >= 15 is 0 Å². The molecular weight excluding hydrogens is 288 g/mol. The fraction of sp³-hybridized carbons (Fsp3) is 0.625. The highest BCUT2D eigenvalue weighted by Gasteiger charge is 2.22. The number of benzene rings is 1. The predicted molar refractivity (Wildman–Crippen MR) is 80.6 cm³/mol. The van der Waals surface area contributed by atoms with Crippen LogP contribution in [0.1, 0.15) is 30.9 Å². The molecule has 0 amide bonds. The minimum atomic E-state index is -0.691. The molecule has 1 atom stereocenters. The molecule has 1 N–H and O–H groups in total. The van der Waals surface area contributed by atoms with Gasteiger partial charge >= 0.3 is 0 Å². The first-order chi connectivity index (χ1) is 10.7. The van der Waals surface area contributed by atoms with Crippen molar-refractivity contribution in [2.24, 2.45) is 0 Å². The molecule has 124 valence electrons. The topological polar surface area (TPSA) is 66.4 Å². The first-order valence-electron chi connectivity index (χ1n) is 7.41. The van der Waals surface area contributed by atoms with E-state index in [0.29, 0.717) is 48.9 Å². The van der Waals surface area contributed by atoms with Crippen molar-refractivity contribution < 1.29 is 28.8 Å². The summed E-state index contributed by atoms with van der Waals surface area (Å²) in [5, 5.41) is 10.5. The largest absolute Gasteiger partial charge is 0.493 e. The van der Waals surface area contributed by atoms with E-state index in [2.05, 4.69) is 0 Å². The molecule has 0 radical (unpaired) electrons. The van der Waals surface area contributed by atoms with Gasteiger partial charge in [-0.3, -0.25) is 0 Å². The lowest BCUT2D eigenvalue weighted by molar-refractivity contribution is -0.183. The Morgan fingerprint density at radius 1 is 1.09 bits per heavy atom. The van der Waals surface area contributed by atoms with Crippen molar-refractivity contribution in [1.82, 2.24) is 0 Å². The van der Waals surface area contributed by atoms with Gasteiger partial charge in [-0.2, -0.15) is 0 Å². The van der Waals surface area contributed by atoms with Gasteiger partial charge in [-0.15, -0.1) is 0 Å². The molecular formula is C16H24O6. The van der Waals surface area contributed by atoms with Crippen molar-refractivity contribution in [1.29, 1.82) is 0 Å². The van der Waals surface area contributed by atoms with Gasteiger partial charge in [0.05, 0.1) is 40.6 Å². The quantitative estimate of drug-likeness (QED) is 0.833. The Kier molecular flexibility index (Phi) is 6.30. The average molecular weight is 312 g/mol. The minimum Gasteiger partial charge on any atom is -0.493 e. The molecule has 1 aromatic carbocycles. The molecule has 1 aliphatic heterocycles. The van der Waals surface area contributed by atoms with Crippen LogP contribution in [0.5, 0.6) is 17.2 Å². The van der Waals surface area contributed by atoms with Crippen molar-refractivity contribution in [2.45, 2.75) is 31.7 Å². The second kappa shape index (κ2) is 8.22. The number of hydrogen-bond acceptors (Lipinski definition) is 6. The van der Waals surface area contributed by atoms with Crippen LogP contribution in [-0.4, -0.2) is 45.9 Å². The number of methoxy groups -OCH3 is 3. The third-order valence-corrected chi connectivity index (χ3v) is 3.67. The number of rotatable bonds is 7. The normalized spacial score (nSPS) is 17.1. The van der Waals surface area contributed by atoms with E-state index in [1.807, 2.05) is 0 Å². The SMILES string of the molecule is COc1ccc(C(O)CCC2OCCCO2)c(OC)c1OC. The Bertz CT molecular complexity index is 470. The summed E-state index contributed by atoms with van der Waals surface area (Å²) in [6.45, 7) is 1.42. The third kappa shape index (κ3) is 3.82. The second-order valence-electron chi connectivity index (χ2n) is 5.04. The lowest BCUT2D eigenvalue weighted by Gasteiger charge is -2.24. The first-order valence-corrected chi connectivity index (χ1v) is 7.41. The van der Waals surface area contributed by atoms with Crippen LogP contribution in [0.25, 0.3) is 0 Å². The summed E-state index contributed by atoms with van der Waals surface area (Å²) in [5.74, 6) is 1.53. The highest BCUT2D eigenvalue weighted by Crippen LogP contribution is 2.42. The zero-order valence-electron chi connectivity index (χ0n) is 13.3. The van der Waals surface area contributed by atoms with Crippen LogP contribution >= 0.6 is 0 Å². The minimum absolute atomic E-state index is 0.241. The maximum atomic E-state index is 10.5. The van der Waals surface area contributed by atoms with Gasteiger partial charge in [-0.05, 0) is 25.0 Å². The van der Waals surface area contributed by atoms with E-state index in [0.717, 1.165) is 6.42 Å². The lowest BCUT2D eigenvalue weighted by Crippen LogP contribution is -2.25. The fourth-order valence-electron chi connectivity index (χ4n) is 2.54. The predicted octanol–water partition coefficient (Wildman–Crippen LogP) is 2.29. The molecule has 1 saturated heterocycles. The Morgan fingerprint density at radius 2 is 1.77 bits per heavy atom. The summed E-state index contributed by atoms with van der Waals surface area (Å²) >= 11 is 0. The Labute approximate surface area is 130 Å². The Morgan fingerprint density at radius 3 is 2.36 bits per heavy atom. The summed E-state index contributed by atoms with van der Waals surface area (Å²) < 4.78 is 27.0.